The van der Waals surface area contributed by atoms with Crippen molar-refractivity contribution in [1.29, 1.82) is 5.41 Å². The molecule has 0 spiro atoms. The lowest BCUT2D eigenvalue weighted by Gasteiger charge is -2.32. The van der Waals surface area contributed by atoms with E-state index in [4.69, 9.17) is 5.41 Å². The van der Waals surface area contributed by atoms with E-state index < -0.39 is 0 Å². The summed E-state index contributed by atoms with van der Waals surface area (Å²) < 4.78 is 0. The van der Waals surface area contributed by atoms with Gasteiger partial charge in [-0.15, -0.1) is 0 Å². The molecule has 1 aromatic carbocycles. The molecule has 2 heterocycles. The van der Waals surface area contributed by atoms with Gasteiger partial charge in [0.15, 0.2) is 0 Å². The molecule has 2 fully saturated rings. The standard InChI is InChI=1S/C24H34N4O/c1-3-22-23(17-28(24(22)25)20-8-10-21(29)11-9-20)19-6-4-18(5-7-19)16-27-14-12-26(2)13-15-27/h3-7,17,20-21,25,29H,8-16H2,1-2H3/b22-3-,25-24?. The first kappa shape index (κ1) is 20.3. The normalized spacial score (nSPS) is 28.2. The lowest BCUT2D eigenvalue weighted by molar-refractivity contribution is 0.106. The minimum Gasteiger partial charge on any atom is -0.393 e. The minimum atomic E-state index is -0.166. The fourth-order valence-corrected chi connectivity index (χ4v) is 4.74. The largest absolute Gasteiger partial charge is 0.393 e. The van der Waals surface area contributed by atoms with Crippen LogP contribution >= 0.6 is 0 Å². The van der Waals surface area contributed by atoms with Gasteiger partial charge in [-0.05, 0) is 50.8 Å². The van der Waals surface area contributed by atoms with E-state index >= 15 is 0 Å². The van der Waals surface area contributed by atoms with Gasteiger partial charge in [0.2, 0.25) is 0 Å². The van der Waals surface area contributed by atoms with E-state index in [1.807, 2.05) is 6.92 Å². The Morgan fingerprint density at radius 1 is 1.03 bits per heavy atom. The number of rotatable bonds is 4. The summed E-state index contributed by atoms with van der Waals surface area (Å²) in [5, 5.41) is 18.5. The van der Waals surface area contributed by atoms with Crippen LogP contribution in [-0.4, -0.2) is 71.0 Å². The van der Waals surface area contributed by atoms with Gasteiger partial charge in [-0.25, -0.2) is 0 Å². The fourth-order valence-electron chi connectivity index (χ4n) is 4.74. The number of allylic oxidation sites excluding steroid dienone is 1. The van der Waals surface area contributed by atoms with Crippen LogP contribution < -0.4 is 0 Å². The Morgan fingerprint density at radius 2 is 1.69 bits per heavy atom. The molecule has 0 amide bonds. The third-order valence-corrected chi connectivity index (χ3v) is 6.69. The molecule has 4 rings (SSSR count). The number of aliphatic hydroxyl groups is 1. The van der Waals surface area contributed by atoms with Gasteiger partial charge in [0, 0.05) is 56.1 Å². The lowest BCUT2D eigenvalue weighted by atomic mass is 9.92. The monoisotopic (exact) mass is 394 g/mol. The molecular formula is C24H34N4O. The van der Waals surface area contributed by atoms with Crippen molar-refractivity contribution in [2.45, 2.75) is 51.3 Å². The van der Waals surface area contributed by atoms with Crippen molar-refractivity contribution in [3.63, 3.8) is 0 Å². The van der Waals surface area contributed by atoms with Crippen molar-refractivity contribution < 1.29 is 5.11 Å². The molecular weight excluding hydrogens is 360 g/mol. The van der Waals surface area contributed by atoms with Gasteiger partial charge < -0.3 is 14.9 Å². The number of likely N-dealkylation sites (N-methyl/N-ethyl adjacent to an activating group) is 1. The summed E-state index contributed by atoms with van der Waals surface area (Å²) in [6, 6.07) is 9.23. The van der Waals surface area contributed by atoms with Crippen LogP contribution in [0, 0.1) is 5.41 Å². The fraction of sp³-hybridized carbons (Fsp3) is 0.542. The topological polar surface area (TPSA) is 53.8 Å². The van der Waals surface area contributed by atoms with E-state index in [0.29, 0.717) is 11.9 Å². The molecule has 1 aliphatic carbocycles. The number of amidine groups is 1. The maximum absolute atomic E-state index is 9.82. The zero-order valence-corrected chi connectivity index (χ0v) is 17.8. The predicted octanol–water partition coefficient (Wildman–Crippen LogP) is 3.32. The van der Waals surface area contributed by atoms with Gasteiger partial charge >= 0.3 is 0 Å². The van der Waals surface area contributed by atoms with Crippen molar-refractivity contribution in [2.75, 3.05) is 33.2 Å². The molecule has 1 saturated carbocycles. The summed E-state index contributed by atoms with van der Waals surface area (Å²) >= 11 is 0. The molecule has 1 aromatic rings. The molecule has 0 atom stereocenters. The van der Waals surface area contributed by atoms with Gasteiger partial charge in [0.05, 0.1) is 6.10 Å². The second-order valence-corrected chi connectivity index (χ2v) is 8.74. The van der Waals surface area contributed by atoms with Crippen molar-refractivity contribution in [3.8, 4) is 0 Å². The molecule has 5 heteroatoms. The summed E-state index contributed by atoms with van der Waals surface area (Å²) in [7, 11) is 2.19. The van der Waals surface area contributed by atoms with Crippen molar-refractivity contribution in [1.82, 2.24) is 14.7 Å². The second kappa shape index (κ2) is 8.82. The Hall–Kier alpha value is -1.95. The molecule has 2 aliphatic heterocycles. The first-order chi connectivity index (χ1) is 14.0. The molecule has 0 bridgehead atoms. The molecule has 3 aliphatic rings. The smallest absolute Gasteiger partial charge is 0.132 e. The van der Waals surface area contributed by atoms with Crippen LogP contribution in [0.1, 0.15) is 43.7 Å². The Bertz CT molecular complexity index is 782. The minimum absolute atomic E-state index is 0.166. The summed E-state index contributed by atoms with van der Waals surface area (Å²) in [6.45, 7) is 7.59. The predicted molar refractivity (Wildman–Crippen MR) is 119 cm³/mol. The van der Waals surface area contributed by atoms with Crippen LogP contribution in [0.2, 0.25) is 0 Å². The highest BCUT2D eigenvalue weighted by atomic mass is 16.3. The first-order valence-corrected chi connectivity index (χ1v) is 11.0. The molecule has 0 radical (unpaired) electrons. The number of hydrogen-bond donors (Lipinski definition) is 2. The number of hydrogen-bond acceptors (Lipinski definition) is 4. The van der Waals surface area contributed by atoms with E-state index in [9.17, 15) is 5.11 Å². The van der Waals surface area contributed by atoms with Crippen molar-refractivity contribution >= 4 is 11.4 Å². The van der Waals surface area contributed by atoms with Crippen LogP contribution in [0.25, 0.3) is 5.57 Å². The molecule has 0 unspecified atom stereocenters. The Balaban J connectivity index is 1.47. The highest BCUT2D eigenvalue weighted by Gasteiger charge is 2.32. The van der Waals surface area contributed by atoms with E-state index in [-0.39, 0.29) is 6.10 Å². The molecule has 5 nitrogen and oxygen atoms in total. The van der Waals surface area contributed by atoms with Crippen LogP contribution in [0.4, 0.5) is 0 Å². The van der Waals surface area contributed by atoms with Gasteiger partial charge in [-0.1, -0.05) is 30.3 Å². The van der Waals surface area contributed by atoms with Gasteiger partial charge in [0.25, 0.3) is 0 Å². The maximum atomic E-state index is 9.82. The van der Waals surface area contributed by atoms with Crippen LogP contribution in [-0.2, 0) is 6.54 Å². The second-order valence-electron chi connectivity index (χ2n) is 8.74. The number of benzene rings is 1. The third-order valence-electron chi connectivity index (χ3n) is 6.69. The zero-order valence-electron chi connectivity index (χ0n) is 17.8. The summed E-state index contributed by atoms with van der Waals surface area (Å²) in [6.07, 6.45) is 7.64. The Morgan fingerprint density at radius 3 is 2.31 bits per heavy atom. The quantitative estimate of drug-likeness (QED) is 0.823. The van der Waals surface area contributed by atoms with Crippen molar-refractivity contribution in [2.24, 2.45) is 0 Å². The number of aliphatic hydroxyl groups excluding tert-OH is 1. The number of nitrogens with zero attached hydrogens (tertiary/aromatic N) is 3. The molecule has 29 heavy (non-hydrogen) atoms. The van der Waals surface area contributed by atoms with Crippen molar-refractivity contribution in [3.05, 3.63) is 53.2 Å². The summed E-state index contributed by atoms with van der Waals surface area (Å²) in [4.78, 5) is 7.04. The summed E-state index contributed by atoms with van der Waals surface area (Å²) in [5.41, 5.74) is 4.70. The average molecular weight is 395 g/mol. The number of piperazine rings is 1. The molecule has 1 saturated heterocycles. The van der Waals surface area contributed by atoms with Gasteiger partial charge in [-0.3, -0.25) is 10.3 Å². The van der Waals surface area contributed by atoms with Crippen LogP contribution in [0.15, 0.2) is 42.1 Å². The first-order valence-electron chi connectivity index (χ1n) is 11.0. The third kappa shape index (κ3) is 4.47. The van der Waals surface area contributed by atoms with Gasteiger partial charge in [0.1, 0.15) is 5.84 Å². The van der Waals surface area contributed by atoms with E-state index in [1.54, 1.807) is 0 Å². The highest BCUT2D eigenvalue weighted by Crippen LogP contribution is 2.36. The summed E-state index contributed by atoms with van der Waals surface area (Å²) in [5.74, 6) is 0.602. The zero-order chi connectivity index (χ0) is 20.4. The molecule has 2 N–H and O–H groups in total. The lowest BCUT2D eigenvalue weighted by Crippen LogP contribution is -2.43. The average Bonchev–Trinajstić information content (AvgIpc) is 3.07. The van der Waals surface area contributed by atoms with Crippen LogP contribution in [0.5, 0.6) is 0 Å². The highest BCUT2D eigenvalue weighted by molar-refractivity contribution is 6.15. The Labute approximate surface area is 174 Å². The van der Waals surface area contributed by atoms with E-state index in [0.717, 1.165) is 69.6 Å². The van der Waals surface area contributed by atoms with E-state index in [2.05, 4.69) is 58.3 Å². The van der Waals surface area contributed by atoms with Crippen LogP contribution in [0.3, 0.4) is 0 Å². The molecule has 156 valence electrons. The number of nitrogens with one attached hydrogen (secondary N) is 1. The van der Waals surface area contributed by atoms with E-state index in [1.165, 1.54) is 11.1 Å². The Kier molecular flexibility index (Phi) is 6.18. The molecule has 0 aromatic heterocycles. The maximum Gasteiger partial charge on any atom is 0.132 e. The van der Waals surface area contributed by atoms with Gasteiger partial charge in [-0.2, -0.15) is 0 Å². The SMILES string of the molecule is C/C=C1\C(=N)N(C2CCC(O)CC2)C=C1c1ccc(CN2CCN(C)CC2)cc1.